The Bertz CT molecular complexity index is 538. The van der Waals surface area contributed by atoms with Crippen molar-refractivity contribution in [3.8, 4) is 5.75 Å². The Balaban J connectivity index is 2.29. The normalized spacial score (nSPS) is 15.3. The third-order valence-electron chi connectivity index (χ3n) is 2.36. The molecule has 1 fully saturated rings. The molecule has 6 nitrogen and oxygen atoms in total. The van der Waals surface area contributed by atoms with Crippen LogP contribution in [0.4, 0.5) is 11.6 Å². The first-order valence-electron chi connectivity index (χ1n) is 5.67. The van der Waals surface area contributed by atoms with Crippen LogP contribution in [0.2, 0.25) is 0 Å². The molecule has 7 heteroatoms. The highest BCUT2D eigenvalue weighted by Crippen LogP contribution is 2.30. The van der Waals surface area contributed by atoms with Crippen LogP contribution in [0.5, 0.6) is 5.75 Å². The second-order valence-corrected chi connectivity index (χ2v) is 6.38. The van der Waals surface area contributed by atoms with Gasteiger partial charge in [-0.05, 0) is 12.8 Å². The van der Waals surface area contributed by atoms with Gasteiger partial charge in [0.15, 0.2) is 0 Å². The average molecular weight is 271 g/mol. The summed E-state index contributed by atoms with van der Waals surface area (Å²) in [7, 11) is 0.346. The lowest BCUT2D eigenvalue weighted by atomic mass is 10.4. The number of ether oxygens (including phenoxy) is 1. The maximum atomic E-state index is 11.2. The number of aromatic nitrogens is 1. The summed E-state index contributed by atoms with van der Waals surface area (Å²) in [5.74, 6) is 1.57. The number of rotatable bonds is 5. The summed E-state index contributed by atoms with van der Waals surface area (Å²) < 4.78 is 30.5. The van der Waals surface area contributed by atoms with Gasteiger partial charge < -0.3 is 9.64 Å². The molecule has 0 radical (unpaired) electrons. The smallest absolute Gasteiger partial charge is 0.230 e. The molecule has 1 N–H and O–H groups in total. The number of sulfonamides is 1. The second-order valence-electron chi connectivity index (χ2n) is 4.63. The zero-order chi connectivity index (χ0) is 13.3. The van der Waals surface area contributed by atoms with Crippen molar-refractivity contribution in [3.05, 3.63) is 12.1 Å². The number of anilines is 2. The Kier molecular flexibility index (Phi) is 3.34. The van der Waals surface area contributed by atoms with E-state index >= 15 is 0 Å². The molecule has 0 unspecified atom stereocenters. The quantitative estimate of drug-likeness (QED) is 0.867. The molecule has 0 saturated heterocycles. The molecule has 1 aliphatic rings. The number of nitrogens with one attached hydrogen (secondary N) is 1. The maximum absolute atomic E-state index is 11.2. The largest absolute Gasteiger partial charge is 0.490 e. The fraction of sp³-hybridized carbons (Fsp3) is 0.545. The van der Waals surface area contributed by atoms with E-state index in [1.807, 2.05) is 14.1 Å². The fourth-order valence-electron chi connectivity index (χ4n) is 1.41. The van der Waals surface area contributed by atoms with Crippen molar-refractivity contribution in [1.29, 1.82) is 0 Å². The Morgan fingerprint density at radius 3 is 2.56 bits per heavy atom. The first kappa shape index (κ1) is 12.9. The van der Waals surface area contributed by atoms with E-state index in [9.17, 15) is 8.42 Å². The Hall–Kier alpha value is -1.50. The summed E-state index contributed by atoms with van der Waals surface area (Å²) in [4.78, 5) is 6.00. The van der Waals surface area contributed by atoms with E-state index in [0.717, 1.165) is 19.1 Å². The highest BCUT2D eigenvalue weighted by atomic mass is 32.2. The van der Waals surface area contributed by atoms with Crippen molar-refractivity contribution in [2.75, 3.05) is 30.0 Å². The average Bonchev–Trinajstić information content (AvgIpc) is 2.98. The molecule has 18 heavy (non-hydrogen) atoms. The van der Waals surface area contributed by atoms with Gasteiger partial charge in [-0.15, -0.1) is 0 Å². The van der Waals surface area contributed by atoms with Crippen molar-refractivity contribution >= 4 is 21.7 Å². The standard InChI is InChI=1S/C11H17N3O3S/c1-14(2)11-7-9(17-8-4-5-8)6-10(12-11)13-18(3,15)16/h6-8H,4-5H2,1-3H3,(H,12,13). The summed E-state index contributed by atoms with van der Waals surface area (Å²) >= 11 is 0. The lowest BCUT2D eigenvalue weighted by molar-refractivity contribution is 0.303. The number of hydrogen-bond acceptors (Lipinski definition) is 5. The van der Waals surface area contributed by atoms with Crippen LogP contribution in [-0.2, 0) is 10.0 Å². The third-order valence-corrected chi connectivity index (χ3v) is 2.94. The molecule has 100 valence electrons. The van der Waals surface area contributed by atoms with Gasteiger partial charge in [0.05, 0.1) is 12.4 Å². The van der Waals surface area contributed by atoms with Gasteiger partial charge >= 0.3 is 0 Å². The minimum Gasteiger partial charge on any atom is -0.490 e. The number of pyridine rings is 1. The molecule has 1 saturated carbocycles. The van der Waals surface area contributed by atoms with Gasteiger partial charge in [0.2, 0.25) is 10.0 Å². The Labute approximate surface area is 107 Å². The van der Waals surface area contributed by atoms with Crippen molar-refractivity contribution in [3.63, 3.8) is 0 Å². The second kappa shape index (κ2) is 4.64. The molecule has 1 aromatic heterocycles. The minimum absolute atomic E-state index is 0.258. The van der Waals surface area contributed by atoms with E-state index < -0.39 is 10.0 Å². The molecule has 2 rings (SSSR count). The topological polar surface area (TPSA) is 71.5 Å². The molecule has 1 aliphatic carbocycles. The van der Waals surface area contributed by atoms with Crippen molar-refractivity contribution in [2.45, 2.75) is 18.9 Å². The van der Waals surface area contributed by atoms with E-state index in [1.54, 1.807) is 17.0 Å². The zero-order valence-electron chi connectivity index (χ0n) is 10.7. The van der Waals surface area contributed by atoms with Gasteiger partial charge in [-0.1, -0.05) is 0 Å². The minimum atomic E-state index is -3.34. The predicted molar refractivity (Wildman–Crippen MR) is 70.7 cm³/mol. The van der Waals surface area contributed by atoms with Gasteiger partial charge in [-0.3, -0.25) is 4.72 Å². The number of hydrogen-bond donors (Lipinski definition) is 1. The molecule has 0 atom stereocenters. The van der Waals surface area contributed by atoms with Crippen LogP contribution in [0, 0.1) is 0 Å². The third kappa shape index (κ3) is 3.76. The predicted octanol–water partition coefficient (Wildman–Crippen LogP) is 1.06. The highest BCUT2D eigenvalue weighted by Gasteiger charge is 2.24. The summed E-state index contributed by atoms with van der Waals surface area (Å²) in [6.07, 6.45) is 3.45. The highest BCUT2D eigenvalue weighted by molar-refractivity contribution is 7.92. The van der Waals surface area contributed by atoms with Crippen LogP contribution in [0.15, 0.2) is 12.1 Å². The molecule has 0 amide bonds. The first-order chi connectivity index (χ1) is 8.33. The summed E-state index contributed by atoms with van der Waals surface area (Å²) in [6, 6.07) is 3.40. The lowest BCUT2D eigenvalue weighted by Crippen LogP contribution is -2.15. The van der Waals surface area contributed by atoms with Gasteiger partial charge in [-0.25, -0.2) is 13.4 Å². The summed E-state index contributed by atoms with van der Waals surface area (Å²) in [5.41, 5.74) is 0. The maximum Gasteiger partial charge on any atom is 0.230 e. The zero-order valence-corrected chi connectivity index (χ0v) is 11.5. The number of nitrogens with zero attached hydrogens (tertiary/aromatic N) is 2. The molecule has 0 aromatic carbocycles. The molecule has 1 heterocycles. The van der Waals surface area contributed by atoms with Crippen molar-refractivity contribution < 1.29 is 13.2 Å². The van der Waals surface area contributed by atoms with E-state index in [1.165, 1.54) is 0 Å². The Morgan fingerprint density at radius 1 is 1.39 bits per heavy atom. The molecule has 0 spiro atoms. The van der Waals surface area contributed by atoms with Crippen LogP contribution < -0.4 is 14.4 Å². The van der Waals surface area contributed by atoms with Crippen LogP contribution >= 0.6 is 0 Å². The van der Waals surface area contributed by atoms with Gasteiger partial charge in [0, 0.05) is 26.2 Å². The summed E-state index contributed by atoms with van der Waals surface area (Å²) in [6.45, 7) is 0. The van der Waals surface area contributed by atoms with Crippen LogP contribution in [-0.4, -0.2) is 39.9 Å². The van der Waals surface area contributed by atoms with Gasteiger partial charge in [-0.2, -0.15) is 0 Å². The molecular weight excluding hydrogens is 254 g/mol. The lowest BCUT2D eigenvalue weighted by Gasteiger charge is -2.15. The van der Waals surface area contributed by atoms with Crippen LogP contribution in [0.1, 0.15) is 12.8 Å². The summed E-state index contributed by atoms with van der Waals surface area (Å²) in [5, 5.41) is 0. The molecule has 0 bridgehead atoms. The van der Waals surface area contributed by atoms with Crippen molar-refractivity contribution in [2.24, 2.45) is 0 Å². The molecular formula is C11H17N3O3S. The van der Waals surface area contributed by atoms with E-state index in [4.69, 9.17) is 4.74 Å². The van der Waals surface area contributed by atoms with Crippen molar-refractivity contribution in [1.82, 2.24) is 4.98 Å². The Morgan fingerprint density at radius 2 is 2.06 bits per heavy atom. The monoisotopic (exact) mass is 271 g/mol. The van der Waals surface area contributed by atoms with E-state index in [2.05, 4.69) is 9.71 Å². The molecule has 1 aromatic rings. The van der Waals surface area contributed by atoms with Gasteiger partial charge in [0.1, 0.15) is 17.4 Å². The SMILES string of the molecule is CN(C)c1cc(OC2CC2)cc(NS(C)(=O)=O)n1. The van der Waals surface area contributed by atoms with Crippen LogP contribution in [0.3, 0.4) is 0 Å². The molecule has 0 aliphatic heterocycles. The van der Waals surface area contributed by atoms with E-state index in [-0.39, 0.29) is 11.9 Å². The first-order valence-corrected chi connectivity index (χ1v) is 7.56. The fourth-order valence-corrected chi connectivity index (χ4v) is 1.89. The van der Waals surface area contributed by atoms with Gasteiger partial charge in [0.25, 0.3) is 0 Å². The van der Waals surface area contributed by atoms with E-state index in [0.29, 0.717) is 11.6 Å². The van der Waals surface area contributed by atoms with Crippen LogP contribution in [0.25, 0.3) is 0 Å².